The molecule has 3 aromatic rings. The lowest BCUT2D eigenvalue weighted by Gasteiger charge is -2.16. The number of likely N-dealkylation sites (tertiary alicyclic amines) is 1. The van der Waals surface area contributed by atoms with Crippen LogP contribution in [0.15, 0.2) is 53.1 Å². The van der Waals surface area contributed by atoms with Crippen molar-refractivity contribution in [2.45, 2.75) is 25.7 Å². The number of carbonyl (C=O) groups is 1. The van der Waals surface area contributed by atoms with E-state index in [4.69, 9.17) is 14.0 Å². The van der Waals surface area contributed by atoms with E-state index in [9.17, 15) is 4.79 Å². The average molecular weight is 407 g/mol. The van der Waals surface area contributed by atoms with Gasteiger partial charge in [0.25, 0.3) is 5.91 Å². The molecule has 1 fully saturated rings. The molecule has 0 aliphatic carbocycles. The Morgan fingerprint density at radius 1 is 1.20 bits per heavy atom. The third-order valence-corrected chi connectivity index (χ3v) is 5.23. The molecule has 0 saturated carbocycles. The molecule has 1 amide bonds. The molecule has 4 rings (SSSR count). The summed E-state index contributed by atoms with van der Waals surface area (Å²) in [5.74, 6) is 2.85. The van der Waals surface area contributed by atoms with Gasteiger partial charge in [-0.15, -0.1) is 0 Å². The Morgan fingerprint density at radius 3 is 2.80 bits per heavy atom. The predicted octanol–water partition coefficient (Wildman–Crippen LogP) is 3.64. The first-order valence-electron chi connectivity index (χ1n) is 10.1. The quantitative estimate of drug-likeness (QED) is 0.595. The molecule has 7 heteroatoms. The summed E-state index contributed by atoms with van der Waals surface area (Å²) in [6.45, 7) is 3.76. The maximum Gasteiger partial charge on any atom is 0.253 e. The van der Waals surface area contributed by atoms with Gasteiger partial charge in [0.2, 0.25) is 5.89 Å². The topological polar surface area (TPSA) is 77.7 Å². The predicted molar refractivity (Wildman–Crippen MR) is 111 cm³/mol. The van der Waals surface area contributed by atoms with Crippen molar-refractivity contribution in [1.29, 1.82) is 0 Å². The highest BCUT2D eigenvalue weighted by atomic mass is 16.5. The van der Waals surface area contributed by atoms with E-state index < -0.39 is 0 Å². The van der Waals surface area contributed by atoms with Gasteiger partial charge < -0.3 is 18.9 Å². The average Bonchev–Trinajstić information content (AvgIpc) is 3.43. The molecule has 0 N–H and O–H groups in total. The molecule has 7 nitrogen and oxygen atoms in total. The fourth-order valence-electron chi connectivity index (χ4n) is 3.56. The van der Waals surface area contributed by atoms with E-state index in [0.717, 1.165) is 23.5 Å². The summed E-state index contributed by atoms with van der Waals surface area (Å²) in [5.41, 5.74) is 1.81. The Kier molecular flexibility index (Phi) is 5.97. The van der Waals surface area contributed by atoms with Crippen LogP contribution in [0.1, 0.15) is 40.0 Å². The number of benzene rings is 2. The maximum atomic E-state index is 12.7. The van der Waals surface area contributed by atoms with E-state index in [-0.39, 0.29) is 11.8 Å². The van der Waals surface area contributed by atoms with E-state index in [1.54, 1.807) is 31.4 Å². The highest BCUT2D eigenvalue weighted by Crippen LogP contribution is 2.27. The summed E-state index contributed by atoms with van der Waals surface area (Å²) >= 11 is 0. The standard InChI is InChI=1S/C23H25N3O4/c1-16-4-3-5-20(14-16)29-13-11-21-24-22(30-25-21)18-10-12-26(15-18)23(27)17-6-8-19(28-2)9-7-17/h3-9,14,18H,10-13,15H2,1-2H3. The lowest BCUT2D eigenvalue weighted by Crippen LogP contribution is -2.28. The number of hydrogen-bond acceptors (Lipinski definition) is 6. The first kappa shape index (κ1) is 19.9. The zero-order chi connectivity index (χ0) is 20.9. The summed E-state index contributed by atoms with van der Waals surface area (Å²) in [7, 11) is 1.61. The highest BCUT2D eigenvalue weighted by molar-refractivity contribution is 5.94. The van der Waals surface area contributed by atoms with Gasteiger partial charge in [0, 0.05) is 25.1 Å². The summed E-state index contributed by atoms with van der Waals surface area (Å²) in [6, 6.07) is 15.1. The van der Waals surface area contributed by atoms with Crippen molar-refractivity contribution in [2.75, 3.05) is 26.8 Å². The lowest BCUT2D eigenvalue weighted by atomic mass is 10.1. The Labute approximate surface area is 175 Å². The summed E-state index contributed by atoms with van der Waals surface area (Å²) < 4.78 is 16.4. The van der Waals surface area contributed by atoms with Gasteiger partial charge in [-0.2, -0.15) is 4.98 Å². The van der Waals surface area contributed by atoms with Gasteiger partial charge in [0.05, 0.1) is 19.6 Å². The Morgan fingerprint density at radius 2 is 2.03 bits per heavy atom. The SMILES string of the molecule is COc1ccc(C(=O)N2CCC(c3nc(CCOc4cccc(C)c4)no3)C2)cc1. The first-order chi connectivity index (χ1) is 14.6. The minimum absolute atomic E-state index is 0.00597. The number of aryl methyl sites for hydroxylation is 1. The molecule has 0 radical (unpaired) electrons. The van der Waals surface area contributed by atoms with Crippen molar-refractivity contribution in [3.63, 3.8) is 0 Å². The molecule has 30 heavy (non-hydrogen) atoms. The number of methoxy groups -OCH3 is 1. The zero-order valence-corrected chi connectivity index (χ0v) is 17.2. The van der Waals surface area contributed by atoms with E-state index in [1.807, 2.05) is 36.1 Å². The zero-order valence-electron chi connectivity index (χ0n) is 17.2. The minimum Gasteiger partial charge on any atom is -0.497 e. The number of ether oxygens (including phenoxy) is 2. The number of hydrogen-bond donors (Lipinski definition) is 0. The van der Waals surface area contributed by atoms with Crippen LogP contribution in [0, 0.1) is 6.92 Å². The van der Waals surface area contributed by atoms with Crippen molar-refractivity contribution >= 4 is 5.91 Å². The smallest absolute Gasteiger partial charge is 0.253 e. The van der Waals surface area contributed by atoms with Crippen LogP contribution in [0.5, 0.6) is 11.5 Å². The fraction of sp³-hybridized carbons (Fsp3) is 0.348. The van der Waals surface area contributed by atoms with Crippen LogP contribution in [0.4, 0.5) is 0 Å². The molecule has 0 spiro atoms. The van der Waals surface area contributed by atoms with Crippen LogP contribution >= 0.6 is 0 Å². The summed E-state index contributed by atoms with van der Waals surface area (Å²) in [5, 5.41) is 4.07. The molecular weight excluding hydrogens is 382 g/mol. The van der Waals surface area contributed by atoms with Crippen LogP contribution in [0.2, 0.25) is 0 Å². The van der Waals surface area contributed by atoms with Gasteiger partial charge in [-0.05, 0) is 55.3 Å². The van der Waals surface area contributed by atoms with Gasteiger partial charge in [0.15, 0.2) is 5.82 Å². The Balaban J connectivity index is 1.30. The molecule has 1 atom stereocenters. The van der Waals surface area contributed by atoms with E-state index >= 15 is 0 Å². The van der Waals surface area contributed by atoms with Crippen molar-refractivity contribution < 1.29 is 18.8 Å². The monoisotopic (exact) mass is 407 g/mol. The highest BCUT2D eigenvalue weighted by Gasteiger charge is 2.31. The molecule has 1 unspecified atom stereocenters. The van der Waals surface area contributed by atoms with Gasteiger partial charge >= 0.3 is 0 Å². The first-order valence-corrected chi connectivity index (χ1v) is 10.1. The van der Waals surface area contributed by atoms with Gasteiger partial charge in [-0.3, -0.25) is 4.79 Å². The third kappa shape index (κ3) is 4.62. The number of nitrogens with zero attached hydrogens (tertiary/aromatic N) is 3. The molecule has 1 aliphatic heterocycles. The van der Waals surface area contributed by atoms with Crippen LogP contribution in [0.25, 0.3) is 0 Å². The molecule has 2 heterocycles. The van der Waals surface area contributed by atoms with Gasteiger partial charge in [-0.1, -0.05) is 17.3 Å². The molecule has 0 bridgehead atoms. The molecule has 1 aliphatic rings. The Bertz CT molecular complexity index is 1000. The molecule has 2 aromatic carbocycles. The number of carbonyl (C=O) groups excluding carboxylic acids is 1. The van der Waals surface area contributed by atoms with Crippen molar-refractivity contribution in [2.24, 2.45) is 0 Å². The normalized spacial score (nSPS) is 15.9. The minimum atomic E-state index is 0.00597. The molecular formula is C23H25N3O4. The van der Waals surface area contributed by atoms with E-state index in [2.05, 4.69) is 10.1 Å². The lowest BCUT2D eigenvalue weighted by molar-refractivity contribution is 0.0789. The molecule has 1 saturated heterocycles. The maximum absolute atomic E-state index is 12.7. The van der Waals surface area contributed by atoms with Crippen molar-refractivity contribution in [3.8, 4) is 11.5 Å². The van der Waals surface area contributed by atoms with Gasteiger partial charge in [0.1, 0.15) is 11.5 Å². The van der Waals surface area contributed by atoms with Crippen LogP contribution < -0.4 is 9.47 Å². The molecule has 156 valence electrons. The Hall–Kier alpha value is -3.35. The second-order valence-electron chi connectivity index (χ2n) is 7.43. The van der Waals surface area contributed by atoms with Crippen LogP contribution in [0.3, 0.4) is 0 Å². The summed E-state index contributed by atoms with van der Waals surface area (Å²) in [6.07, 6.45) is 1.38. The number of rotatable bonds is 7. The number of aromatic nitrogens is 2. The second-order valence-corrected chi connectivity index (χ2v) is 7.43. The van der Waals surface area contributed by atoms with Crippen molar-refractivity contribution in [3.05, 3.63) is 71.4 Å². The van der Waals surface area contributed by atoms with Crippen molar-refractivity contribution in [1.82, 2.24) is 15.0 Å². The molecule has 1 aromatic heterocycles. The number of amides is 1. The van der Waals surface area contributed by atoms with Gasteiger partial charge in [-0.25, -0.2) is 0 Å². The largest absolute Gasteiger partial charge is 0.497 e. The third-order valence-electron chi connectivity index (χ3n) is 5.23. The van der Waals surface area contributed by atoms with Crippen LogP contribution in [-0.2, 0) is 6.42 Å². The van der Waals surface area contributed by atoms with E-state index in [0.29, 0.717) is 43.4 Å². The second kappa shape index (κ2) is 8.98. The fourth-order valence-corrected chi connectivity index (χ4v) is 3.56. The summed E-state index contributed by atoms with van der Waals surface area (Å²) in [4.78, 5) is 19.1. The van der Waals surface area contributed by atoms with Crippen LogP contribution in [-0.4, -0.2) is 47.8 Å². The van der Waals surface area contributed by atoms with E-state index in [1.165, 1.54) is 0 Å².